The molecule has 0 saturated heterocycles. The molecule has 2 aromatic heterocycles. The summed E-state index contributed by atoms with van der Waals surface area (Å²) in [6.07, 6.45) is 0. The van der Waals surface area contributed by atoms with Crippen LogP contribution in [0.15, 0.2) is 16.6 Å². The fraction of sp³-hybridized carbons (Fsp3) is 0.417. The third-order valence-corrected chi connectivity index (χ3v) is 5.33. The molecule has 2 rings (SSSR count). The quantitative estimate of drug-likeness (QED) is 0.914. The summed E-state index contributed by atoms with van der Waals surface area (Å²) in [5, 5.41) is 4.57. The molecule has 98 valence electrons. The Bertz CT molecular complexity index is 562. The standard InChI is InChI=1S/C12H15BrClN3S/c1-6(15)12(9-4-5-10(14)18-9)17-8(3)11(13)7(2)16-17/h4-6,12H,15H2,1-3H3. The average molecular weight is 349 g/mol. The minimum Gasteiger partial charge on any atom is -0.326 e. The summed E-state index contributed by atoms with van der Waals surface area (Å²) in [5.74, 6) is 0. The minimum absolute atomic E-state index is 0.0208. The highest BCUT2D eigenvalue weighted by atomic mass is 79.9. The molecular weight excluding hydrogens is 334 g/mol. The molecule has 2 heterocycles. The largest absolute Gasteiger partial charge is 0.326 e. The van der Waals surface area contributed by atoms with Gasteiger partial charge in [-0.15, -0.1) is 11.3 Å². The van der Waals surface area contributed by atoms with Crippen LogP contribution in [0.4, 0.5) is 0 Å². The van der Waals surface area contributed by atoms with Crippen molar-refractivity contribution in [2.45, 2.75) is 32.9 Å². The van der Waals surface area contributed by atoms with Crippen molar-refractivity contribution in [3.63, 3.8) is 0 Å². The highest BCUT2D eigenvalue weighted by Gasteiger charge is 2.24. The number of hydrogen-bond donors (Lipinski definition) is 1. The van der Waals surface area contributed by atoms with Crippen molar-refractivity contribution in [2.24, 2.45) is 5.73 Å². The normalized spacial score (nSPS) is 14.8. The van der Waals surface area contributed by atoms with Crippen LogP contribution in [0.2, 0.25) is 4.34 Å². The molecule has 0 saturated carbocycles. The molecule has 0 aromatic carbocycles. The van der Waals surface area contributed by atoms with Gasteiger partial charge in [0.15, 0.2) is 0 Å². The summed E-state index contributed by atoms with van der Waals surface area (Å²) in [7, 11) is 0. The number of nitrogens with two attached hydrogens (primary N) is 1. The van der Waals surface area contributed by atoms with Crippen LogP contribution in [-0.2, 0) is 0 Å². The summed E-state index contributed by atoms with van der Waals surface area (Å²) in [4.78, 5) is 1.13. The van der Waals surface area contributed by atoms with Crippen LogP contribution in [0.1, 0.15) is 29.2 Å². The van der Waals surface area contributed by atoms with Gasteiger partial charge in [-0.3, -0.25) is 4.68 Å². The summed E-state index contributed by atoms with van der Waals surface area (Å²) in [5.41, 5.74) is 8.18. The number of halogens is 2. The number of hydrogen-bond acceptors (Lipinski definition) is 3. The van der Waals surface area contributed by atoms with E-state index in [2.05, 4.69) is 21.0 Å². The van der Waals surface area contributed by atoms with E-state index in [0.29, 0.717) is 0 Å². The topological polar surface area (TPSA) is 43.8 Å². The maximum Gasteiger partial charge on any atom is 0.101 e. The Morgan fingerprint density at radius 2 is 2.11 bits per heavy atom. The Morgan fingerprint density at radius 1 is 1.44 bits per heavy atom. The van der Waals surface area contributed by atoms with Crippen molar-refractivity contribution >= 4 is 38.9 Å². The SMILES string of the molecule is Cc1nn(C(c2ccc(Cl)s2)C(C)N)c(C)c1Br. The van der Waals surface area contributed by atoms with E-state index in [0.717, 1.165) is 25.1 Å². The van der Waals surface area contributed by atoms with E-state index in [1.54, 1.807) is 11.3 Å². The molecule has 2 atom stereocenters. The maximum absolute atomic E-state index is 6.13. The van der Waals surface area contributed by atoms with E-state index in [4.69, 9.17) is 17.3 Å². The Morgan fingerprint density at radius 3 is 2.50 bits per heavy atom. The molecular formula is C12H15BrClN3S. The predicted octanol–water partition coefficient (Wildman–Crippen LogP) is 3.91. The lowest BCUT2D eigenvalue weighted by molar-refractivity contribution is 0.449. The van der Waals surface area contributed by atoms with Crippen molar-refractivity contribution in [1.29, 1.82) is 0 Å². The lowest BCUT2D eigenvalue weighted by Gasteiger charge is -2.21. The van der Waals surface area contributed by atoms with Gasteiger partial charge in [0.2, 0.25) is 0 Å². The fourth-order valence-corrected chi connectivity index (χ4v) is 3.53. The van der Waals surface area contributed by atoms with Gasteiger partial charge in [0.25, 0.3) is 0 Å². The first-order chi connectivity index (χ1) is 8.41. The summed E-state index contributed by atoms with van der Waals surface area (Å²) < 4.78 is 3.79. The van der Waals surface area contributed by atoms with Crippen molar-refractivity contribution in [3.8, 4) is 0 Å². The summed E-state index contributed by atoms with van der Waals surface area (Å²) >= 11 is 11.1. The first-order valence-electron chi connectivity index (χ1n) is 5.64. The van der Waals surface area contributed by atoms with E-state index in [1.807, 2.05) is 37.6 Å². The van der Waals surface area contributed by atoms with Gasteiger partial charge in [0.1, 0.15) is 6.04 Å². The van der Waals surface area contributed by atoms with Crippen molar-refractivity contribution in [1.82, 2.24) is 9.78 Å². The van der Waals surface area contributed by atoms with Crippen LogP contribution >= 0.6 is 38.9 Å². The van der Waals surface area contributed by atoms with Crippen LogP contribution in [0.3, 0.4) is 0 Å². The molecule has 2 aromatic rings. The van der Waals surface area contributed by atoms with E-state index >= 15 is 0 Å². The van der Waals surface area contributed by atoms with Crippen LogP contribution < -0.4 is 5.73 Å². The van der Waals surface area contributed by atoms with Crippen molar-refractivity contribution in [2.75, 3.05) is 0 Å². The number of rotatable bonds is 3. The average Bonchev–Trinajstić information content (AvgIpc) is 2.80. The molecule has 0 aliphatic carbocycles. The zero-order valence-electron chi connectivity index (χ0n) is 10.4. The second-order valence-electron chi connectivity index (χ2n) is 4.38. The van der Waals surface area contributed by atoms with Crippen LogP contribution in [0, 0.1) is 13.8 Å². The van der Waals surface area contributed by atoms with Gasteiger partial charge >= 0.3 is 0 Å². The number of aromatic nitrogens is 2. The van der Waals surface area contributed by atoms with E-state index in [9.17, 15) is 0 Å². The van der Waals surface area contributed by atoms with E-state index < -0.39 is 0 Å². The van der Waals surface area contributed by atoms with E-state index in [1.165, 1.54) is 0 Å². The summed E-state index contributed by atoms with van der Waals surface area (Å²) in [6.45, 7) is 6.00. The van der Waals surface area contributed by atoms with E-state index in [-0.39, 0.29) is 12.1 Å². The minimum atomic E-state index is -0.0374. The highest BCUT2D eigenvalue weighted by Crippen LogP contribution is 2.33. The molecule has 0 aliphatic heterocycles. The molecule has 0 radical (unpaired) electrons. The first kappa shape index (κ1) is 14.1. The third kappa shape index (κ3) is 2.50. The van der Waals surface area contributed by atoms with Gasteiger partial charge in [0.05, 0.1) is 20.2 Å². The predicted molar refractivity (Wildman–Crippen MR) is 80.5 cm³/mol. The highest BCUT2D eigenvalue weighted by molar-refractivity contribution is 9.10. The van der Waals surface area contributed by atoms with Crippen molar-refractivity contribution in [3.05, 3.63) is 37.2 Å². The zero-order chi connectivity index (χ0) is 13.4. The maximum atomic E-state index is 6.13. The van der Waals surface area contributed by atoms with Crippen LogP contribution in [0.5, 0.6) is 0 Å². The van der Waals surface area contributed by atoms with Gasteiger partial charge < -0.3 is 5.73 Å². The number of nitrogens with zero attached hydrogens (tertiary/aromatic N) is 2. The van der Waals surface area contributed by atoms with Crippen LogP contribution in [0.25, 0.3) is 0 Å². The molecule has 2 unspecified atom stereocenters. The molecule has 0 amide bonds. The van der Waals surface area contributed by atoms with Crippen molar-refractivity contribution < 1.29 is 0 Å². The Labute approximate surface area is 124 Å². The Hall–Kier alpha value is -0.360. The fourth-order valence-electron chi connectivity index (χ4n) is 2.00. The molecule has 0 fully saturated rings. The molecule has 18 heavy (non-hydrogen) atoms. The summed E-state index contributed by atoms with van der Waals surface area (Å²) in [6, 6.07) is 3.90. The lowest BCUT2D eigenvalue weighted by Crippen LogP contribution is -2.31. The molecule has 0 bridgehead atoms. The number of aryl methyl sites for hydroxylation is 1. The Kier molecular flexibility index (Phi) is 4.16. The molecule has 2 N–H and O–H groups in total. The van der Waals surface area contributed by atoms with Gasteiger partial charge in [-0.05, 0) is 48.8 Å². The van der Waals surface area contributed by atoms with Gasteiger partial charge in [-0.1, -0.05) is 11.6 Å². The molecule has 3 nitrogen and oxygen atoms in total. The van der Waals surface area contributed by atoms with Gasteiger partial charge in [0, 0.05) is 10.9 Å². The monoisotopic (exact) mass is 347 g/mol. The second kappa shape index (κ2) is 5.33. The van der Waals surface area contributed by atoms with Gasteiger partial charge in [-0.2, -0.15) is 5.10 Å². The zero-order valence-corrected chi connectivity index (χ0v) is 13.6. The smallest absolute Gasteiger partial charge is 0.101 e. The molecule has 0 aliphatic rings. The Balaban J connectivity index is 2.51. The van der Waals surface area contributed by atoms with Crippen LogP contribution in [-0.4, -0.2) is 15.8 Å². The molecule has 0 spiro atoms. The first-order valence-corrected chi connectivity index (χ1v) is 7.62. The second-order valence-corrected chi connectivity index (χ2v) is 6.91. The third-order valence-electron chi connectivity index (χ3n) is 2.88. The molecule has 6 heteroatoms. The lowest BCUT2D eigenvalue weighted by atomic mass is 10.1. The van der Waals surface area contributed by atoms with Gasteiger partial charge in [-0.25, -0.2) is 0 Å². The number of thiophene rings is 1.